The minimum atomic E-state index is -3.51. The fourth-order valence-corrected chi connectivity index (χ4v) is 5.59. The highest BCUT2D eigenvalue weighted by Crippen LogP contribution is 2.37. The number of benzene rings is 2. The summed E-state index contributed by atoms with van der Waals surface area (Å²) >= 11 is 0. The van der Waals surface area contributed by atoms with Gasteiger partial charge in [0.05, 0.1) is 13.5 Å². The predicted octanol–water partition coefficient (Wildman–Crippen LogP) is 4.80. The molecule has 0 saturated heterocycles. The lowest BCUT2D eigenvalue weighted by molar-refractivity contribution is -0.139. The van der Waals surface area contributed by atoms with Crippen molar-refractivity contribution in [3.05, 3.63) is 94.8 Å². The minimum absolute atomic E-state index is 0.189. The number of hydrogen-bond donors (Lipinski definition) is 1. The zero-order chi connectivity index (χ0) is 23.9. The monoisotopic (exact) mass is 467 g/mol. The summed E-state index contributed by atoms with van der Waals surface area (Å²) in [4.78, 5) is 14.7. The number of ether oxygens (including phenoxy) is 1. The van der Waals surface area contributed by atoms with Gasteiger partial charge in [-0.25, -0.2) is 8.42 Å². The molecule has 0 spiro atoms. The topological polar surface area (TPSA) is 76.2 Å². The van der Waals surface area contributed by atoms with E-state index in [0.29, 0.717) is 18.5 Å². The summed E-state index contributed by atoms with van der Waals surface area (Å²) in [5.74, 6) is -0.304. The molecule has 176 valence electrons. The van der Waals surface area contributed by atoms with Crippen molar-refractivity contribution in [2.45, 2.75) is 50.2 Å². The van der Waals surface area contributed by atoms with Gasteiger partial charge >= 0.3 is 5.97 Å². The highest BCUT2D eigenvalue weighted by Gasteiger charge is 2.43. The van der Waals surface area contributed by atoms with Gasteiger partial charge in [-0.05, 0) is 60.1 Å². The van der Waals surface area contributed by atoms with Crippen molar-refractivity contribution in [2.24, 2.45) is 0 Å². The standard InChI is InChI=1S/C27H33NO4S/c1-4-5-7-21-9-13-23(14-10-21)19-27(33(3,30)31,25-8-6-17-28-25)20-24-15-11-22(12-16-24)18-26(29)32-2/h6,8-17,28H,4-5,7,18-20H2,1-3H3. The third kappa shape index (κ3) is 6.14. The van der Waals surface area contributed by atoms with Gasteiger partial charge in [-0.15, -0.1) is 0 Å². The summed E-state index contributed by atoms with van der Waals surface area (Å²) in [5.41, 5.74) is 4.66. The number of aryl methyl sites for hydroxylation is 1. The van der Waals surface area contributed by atoms with E-state index in [-0.39, 0.29) is 12.4 Å². The van der Waals surface area contributed by atoms with Crippen molar-refractivity contribution in [3.63, 3.8) is 0 Å². The number of carbonyl (C=O) groups is 1. The number of aromatic nitrogens is 1. The van der Waals surface area contributed by atoms with Crippen molar-refractivity contribution in [3.8, 4) is 0 Å². The normalized spacial score (nSPS) is 13.4. The first-order valence-electron chi connectivity index (χ1n) is 11.3. The number of nitrogens with one attached hydrogen (secondary N) is 1. The van der Waals surface area contributed by atoms with Gasteiger partial charge in [-0.2, -0.15) is 0 Å². The molecule has 1 aromatic heterocycles. The van der Waals surface area contributed by atoms with Gasteiger partial charge in [0.2, 0.25) is 0 Å². The molecule has 33 heavy (non-hydrogen) atoms. The van der Waals surface area contributed by atoms with Crippen LogP contribution in [-0.2, 0) is 49.8 Å². The van der Waals surface area contributed by atoms with Crippen LogP contribution in [0.4, 0.5) is 0 Å². The summed E-state index contributed by atoms with van der Waals surface area (Å²) < 4.78 is 30.3. The maximum atomic E-state index is 13.3. The van der Waals surface area contributed by atoms with Crippen LogP contribution in [0, 0.1) is 0 Å². The van der Waals surface area contributed by atoms with Gasteiger partial charge in [0.15, 0.2) is 9.84 Å². The number of methoxy groups -OCH3 is 1. The summed E-state index contributed by atoms with van der Waals surface area (Å²) in [6, 6.07) is 19.5. The second-order valence-electron chi connectivity index (χ2n) is 8.69. The van der Waals surface area contributed by atoms with Crippen LogP contribution >= 0.6 is 0 Å². The van der Waals surface area contributed by atoms with Crippen LogP contribution < -0.4 is 0 Å². The molecule has 0 bridgehead atoms. The highest BCUT2D eigenvalue weighted by molar-refractivity contribution is 7.91. The van der Waals surface area contributed by atoms with Crippen molar-refractivity contribution in [1.29, 1.82) is 0 Å². The molecule has 3 aromatic rings. The van der Waals surface area contributed by atoms with E-state index in [1.165, 1.54) is 18.9 Å². The Morgan fingerprint density at radius 3 is 1.91 bits per heavy atom. The molecule has 0 fully saturated rings. The first-order valence-corrected chi connectivity index (χ1v) is 13.2. The van der Waals surface area contributed by atoms with E-state index in [0.717, 1.165) is 36.0 Å². The average Bonchev–Trinajstić information content (AvgIpc) is 3.34. The van der Waals surface area contributed by atoms with Crippen LogP contribution in [0.25, 0.3) is 0 Å². The first-order chi connectivity index (χ1) is 15.8. The Balaban J connectivity index is 1.95. The molecule has 1 heterocycles. The number of rotatable bonds is 11. The van der Waals surface area contributed by atoms with Crippen molar-refractivity contribution < 1.29 is 17.9 Å². The quantitative estimate of drug-likeness (QED) is 0.411. The third-order valence-corrected chi connectivity index (χ3v) is 8.15. The van der Waals surface area contributed by atoms with E-state index in [1.54, 1.807) is 6.20 Å². The molecule has 3 rings (SSSR count). The van der Waals surface area contributed by atoms with Gasteiger partial charge in [-0.3, -0.25) is 4.79 Å². The molecule has 1 atom stereocenters. The summed E-state index contributed by atoms with van der Waals surface area (Å²) in [6.45, 7) is 2.17. The molecule has 0 saturated carbocycles. The Hall–Kier alpha value is -2.86. The zero-order valence-electron chi connectivity index (χ0n) is 19.6. The maximum absolute atomic E-state index is 13.3. The lowest BCUT2D eigenvalue weighted by atomic mass is 9.88. The van der Waals surface area contributed by atoms with Gasteiger partial charge < -0.3 is 9.72 Å². The Morgan fingerprint density at radius 2 is 1.45 bits per heavy atom. The average molecular weight is 468 g/mol. The number of aromatic amines is 1. The molecule has 6 heteroatoms. The van der Waals surface area contributed by atoms with Gasteiger partial charge in [0.1, 0.15) is 4.75 Å². The Labute approximate surface area is 197 Å². The van der Waals surface area contributed by atoms with Crippen LogP contribution in [0.3, 0.4) is 0 Å². The van der Waals surface area contributed by atoms with Crippen LogP contribution in [0.15, 0.2) is 66.9 Å². The molecule has 1 N–H and O–H groups in total. The molecule has 1 unspecified atom stereocenters. The lowest BCUT2D eigenvalue weighted by Gasteiger charge is -2.32. The number of unbranched alkanes of at least 4 members (excludes halogenated alkanes) is 1. The largest absolute Gasteiger partial charge is 0.469 e. The Bertz CT molecular complexity index is 1130. The number of esters is 1. The lowest BCUT2D eigenvalue weighted by Crippen LogP contribution is -2.40. The van der Waals surface area contributed by atoms with Crippen LogP contribution in [0.2, 0.25) is 0 Å². The minimum Gasteiger partial charge on any atom is -0.469 e. The molecule has 0 radical (unpaired) electrons. The first kappa shape index (κ1) is 24.8. The second kappa shape index (κ2) is 10.8. The fourth-order valence-electron chi connectivity index (χ4n) is 4.21. The fraction of sp³-hybridized carbons (Fsp3) is 0.370. The SMILES string of the molecule is CCCCc1ccc(CC(Cc2ccc(CC(=O)OC)cc2)(c2ccc[nH]2)S(C)(=O)=O)cc1. The predicted molar refractivity (Wildman–Crippen MR) is 132 cm³/mol. The number of sulfone groups is 1. The van der Waals surface area contributed by atoms with Gasteiger partial charge in [0, 0.05) is 18.1 Å². The summed E-state index contributed by atoms with van der Waals surface area (Å²) in [5, 5.41) is 0. The molecule has 0 aliphatic heterocycles. The van der Waals surface area contributed by atoms with Crippen molar-refractivity contribution >= 4 is 15.8 Å². The van der Waals surface area contributed by atoms with E-state index in [1.807, 2.05) is 48.5 Å². The van der Waals surface area contributed by atoms with E-state index >= 15 is 0 Å². The van der Waals surface area contributed by atoms with Crippen LogP contribution in [0.5, 0.6) is 0 Å². The molecule has 0 aliphatic carbocycles. The molecule has 0 amide bonds. The number of hydrogen-bond acceptors (Lipinski definition) is 4. The van der Waals surface area contributed by atoms with E-state index in [9.17, 15) is 13.2 Å². The Morgan fingerprint density at radius 1 is 0.909 bits per heavy atom. The van der Waals surface area contributed by atoms with Crippen LogP contribution in [0.1, 0.15) is 47.7 Å². The maximum Gasteiger partial charge on any atom is 0.309 e. The number of H-pyrrole nitrogens is 1. The smallest absolute Gasteiger partial charge is 0.309 e. The molecule has 5 nitrogen and oxygen atoms in total. The highest BCUT2D eigenvalue weighted by atomic mass is 32.2. The molecular formula is C27H33NO4S. The van der Waals surface area contributed by atoms with E-state index in [4.69, 9.17) is 4.74 Å². The second-order valence-corrected chi connectivity index (χ2v) is 11.0. The van der Waals surface area contributed by atoms with Crippen LogP contribution in [-0.4, -0.2) is 32.7 Å². The molecule has 2 aromatic carbocycles. The van der Waals surface area contributed by atoms with Crippen molar-refractivity contribution in [2.75, 3.05) is 13.4 Å². The third-order valence-electron chi connectivity index (χ3n) is 6.22. The Kier molecular flexibility index (Phi) is 8.14. The molecule has 0 aliphatic rings. The van der Waals surface area contributed by atoms with E-state index < -0.39 is 14.6 Å². The number of carbonyl (C=O) groups excluding carboxylic acids is 1. The molecular weight excluding hydrogens is 434 g/mol. The van der Waals surface area contributed by atoms with Gasteiger partial charge in [-0.1, -0.05) is 61.9 Å². The summed E-state index contributed by atoms with van der Waals surface area (Å²) in [6.07, 6.45) is 7.27. The summed E-state index contributed by atoms with van der Waals surface area (Å²) in [7, 11) is -2.14. The van der Waals surface area contributed by atoms with Crippen molar-refractivity contribution in [1.82, 2.24) is 4.98 Å². The zero-order valence-corrected chi connectivity index (χ0v) is 20.5. The van der Waals surface area contributed by atoms with E-state index in [2.05, 4.69) is 24.0 Å². The van der Waals surface area contributed by atoms with Gasteiger partial charge in [0.25, 0.3) is 0 Å².